The molecule has 0 fully saturated rings. The highest BCUT2D eigenvalue weighted by Gasteiger charge is 2.16. The topological polar surface area (TPSA) is 78.9 Å². The van der Waals surface area contributed by atoms with Gasteiger partial charge in [-0.05, 0) is 12.5 Å². The Balaban J connectivity index is 3.28. The molecule has 0 aliphatic carbocycles. The summed E-state index contributed by atoms with van der Waals surface area (Å²) < 4.78 is 0. The van der Waals surface area contributed by atoms with Crippen LogP contribution in [-0.4, -0.2) is 13.0 Å². The van der Waals surface area contributed by atoms with Crippen LogP contribution in [0, 0.1) is 18.3 Å². The number of anilines is 1. The van der Waals surface area contributed by atoms with Crippen LogP contribution in [0.15, 0.2) is 0 Å². The van der Waals surface area contributed by atoms with Crippen molar-refractivity contribution in [1.29, 1.82) is 5.26 Å². The number of nitrogens with zero attached hydrogens (tertiary/aromatic N) is 1. The van der Waals surface area contributed by atoms with E-state index in [1.807, 2.05) is 6.07 Å². The van der Waals surface area contributed by atoms with E-state index in [2.05, 4.69) is 5.32 Å². The average molecular weight is 195 g/mol. The Hall–Kier alpha value is -1.54. The highest BCUT2D eigenvalue weighted by Crippen LogP contribution is 2.29. The second kappa shape index (κ2) is 3.46. The monoisotopic (exact) mass is 195 g/mol. The fourth-order valence-corrected chi connectivity index (χ4v) is 1.98. The van der Waals surface area contributed by atoms with Gasteiger partial charge in [-0.3, -0.25) is 4.79 Å². The molecule has 13 heavy (non-hydrogen) atoms. The van der Waals surface area contributed by atoms with Crippen LogP contribution in [-0.2, 0) is 0 Å². The Bertz CT molecular complexity index is 389. The Kier molecular flexibility index (Phi) is 2.54. The minimum atomic E-state index is -0.198. The zero-order chi connectivity index (χ0) is 10.0. The Labute approximate surface area is 80.0 Å². The van der Waals surface area contributed by atoms with Gasteiger partial charge in [-0.2, -0.15) is 5.26 Å². The van der Waals surface area contributed by atoms with E-state index < -0.39 is 0 Å². The van der Waals surface area contributed by atoms with Gasteiger partial charge in [0, 0.05) is 7.05 Å². The number of nitrogen functional groups attached to an aromatic ring is 1. The molecule has 4 nitrogen and oxygen atoms in total. The van der Waals surface area contributed by atoms with Gasteiger partial charge in [0.15, 0.2) is 0 Å². The molecule has 68 valence electrons. The summed E-state index contributed by atoms with van der Waals surface area (Å²) in [5, 5.41) is 11.6. The molecule has 0 saturated heterocycles. The molecule has 1 rings (SSSR count). The van der Waals surface area contributed by atoms with Crippen molar-refractivity contribution in [2.24, 2.45) is 0 Å². The maximum Gasteiger partial charge on any atom is 0.261 e. The van der Waals surface area contributed by atoms with E-state index >= 15 is 0 Å². The van der Waals surface area contributed by atoms with Crippen LogP contribution in [0.4, 0.5) is 5.00 Å². The second-order valence-electron chi connectivity index (χ2n) is 2.49. The van der Waals surface area contributed by atoms with Gasteiger partial charge in [-0.25, -0.2) is 0 Å². The molecular formula is C8H9N3OS. The van der Waals surface area contributed by atoms with Crippen molar-refractivity contribution in [3.8, 4) is 6.07 Å². The van der Waals surface area contributed by atoms with Crippen molar-refractivity contribution in [3.63, 3.8) is 0 Å². The van der Waals surface area contributed by atoms with Crippen LogP contribution in [0.5, 0.6) is 0 Å². The first-order chi connectivity index (χ1) is 6.11. The van der Waals surface area contributed by atoms with Crippen LogP contribution in [0.2, 0.25) is 0 Å². The van der Waals surface area contributed by atoms with Crippen molar-refractivity contribution in [2.75, 3.05) is 12.8 Å². The van der Waals surface area contributed by atoms with Gasteiger partial charge in [-0.15, -0.1) is 11.3 Å². The van der Waals surface area contributed by atoms with Crippen molar-refractivity contribution < 1.29 is 4.79 Å². The normalized spacial score (nSPS) is 9.31. The van der Waals surface area contributed by atoms with E-state index in [1.165, 1.54) is 0 Å². The third kappa shape index (κ3) is 1.48. The maximum atomic E-state index is 11.3. The molecule has 5 heteroatoms. The van der Waals surface area contributed by atoms with Gasteiger partial charge < -0.3 is 11.1 Å². The van der Waals surface area contributed by atoms with E-state index in [4.69, 9.17) is 11.0 Å². The first kappa shape index (κ1) is 9.55. The van der Waals surface area contributed by atoms with Crippen LogP contribution in [0.25, 0.3) is 0 Å². The van der Waals surface area contributed by atoms with Crippen LogP contribution in [0.3, 0.4) is 0 Å². The summed E-state index contributed by atoms with van der Waals surface area (Å²) in [5.74, 6) is -0.198. The molecule has 1 aromatic rings. The summed E-state index contributed by atoms with van der Waals surface area (Å²) in [5.41, 5.74) is 6.62. The van der Waals surface area contributed by atoms with Crippen LogP contribution in [0.1, 0.15) is 20.8 Å². The second-order valence-corrected chi connectivity index (χ2v) is 3.54. The highest BCUT2D eigenvalue weighted by molar-refractivity contribution is 7.18. The van der Waals surface area contributed by atoms with Crippen molar-refractivity contribution in [3.05, 3.63) is 16.0 Å². The van der Waals surface area contributed by atoms with Gasteiger partial charge in [0.2, 0.25) is 0 Å². The number of hydrogen-bond donors (Lipinski definition) is 2. The fraction of sp³-hybridized carbons (Fsp3) is 0.250. The van der Waals surface area contributed by atoms with Gasteiger partial charge in [-0.1, -0.05) is 0 Å². The first-order valence-electron chi connectivity index (χ1n) is 3.62. The lowest BCUT2D eigenvalue weighted by atomic mass is 10.2. The third-order valence-corrected chi connectivity index (χ3v) is 2.84. The summed E-state index contributed by atoms with van der Waals surface area (Å²) in [7, 11) is 1.55. The molecular weight excluding hydrogens is 186 g/mol. The first-order valence-corrected chi connectivity index (χ1v) is 4.44. The Morgan fingerprint density at radius 2 is 2.31 bits per heavy atom. The number of amides is 1. The van der Waals surface area contributed by atoms with Crippen molar-refractivity contribution in [1.82, 2.24) is 5.32 Å². The molecule has 0 aliphatic rings. The quantitative estimate of drug-likeness (QED) is 0.697. The Morgan fingerprint density at radius 1 is 1.69 bits per heavy atom. The number of nitriles is 1. The summed E-state index contributed by atoms with van der Waals surface area (Å²) in [6.45, 7) is 1.72. The molecule has 0 aliphatic heterocycles. The number of thiophene rings is 1. The molecule has 3 N–H and O–H groups in total. The number of carbonyl (C=O) groups excluding carboxylic acids is 1. The predicted octanol–water partition coefficient (Wildman–Crippen LogP) is 0.870. The minimum Gasteiger partial charge on any atom is -0.389 e. The van der Waals surface area contributed by atoms with Gasteiger partial charge >= 0.3 is 0 Å². The number of rotatable bonds is 1. The summed E-state index contributed by atoms with van der Waals surface area (Å²) >= 11 is 1.14. The molecule has 0 unspecified atom stereocenters. The van der Waals surface area contributed by atoms with E-state index in [0.717, 1.165) is 11.3 Å². The molecule has 0 saturated carbocycles. The summed E-state index contributed by atoms with van der Waals surface area (Å²) in [4.78, 5) is 11.8. The number of hydrogen-bond acceptors (Lipinski definition) is 4. The smallest absolute Gasteiger partial charge is 0.261 e. The molecule has 0 bridgehead atoms. The molecule has 0 spiro atoms. The molecule has 0 atom stereocenters. The van der Waals surface area contributed by atoms with Gasteiger partial charge in [0.1, 0.15) is 11.1 Å². The lowest BCUT2D eigenvalue weighted by molar-refractivity contribution is 0.0966. The molecule has 1 aromatic heterocycles. The number of carbonyl (C=O) groups is 1. The molecule has 1 amide bonds. The molecule has 0 radical (unpaired) electrons. The lowest BCUT2D eigenvalue weighted by Gasteiger charge is -1.95. The van der Waals surface area contributed by atoms with Crippen LogP contribution < -0.4 is 11.1 Å². The van der Waals surface area contributed by atoms with E-state index in [0.29, 0.717) is 21.0 Å². The fourth-order valence-electron chi connectivity index (χ4n) is 1.00. The molecule has 1 heterocycles. The van der Waals surface area contributed by atoms with Gasteiger partial charge in [0.05, 0.1) is 10.4 Å². The highest BCUT2D eigenvalue weighted by atomic mass is 32.1. The van der Waals surface area contributed by atoms with Crippen LogP contribution >= 0.6 is 11.3 Å². The van der Waals surface area contributed by atoms with E-state index in [1.54, 1.807) is 14.0 Å². The van der Waals surface area contributed by atoms with E-state index in [9.17, 15) is 4.79 Å². The van der Waals surface area contributed by atoms with Crippen molar-refractivity contribution in [2.45, 2.75) is 6.92 Å². The largest absolute Gasteiger partial charge is 0.389 e. The average Bonchev–Trinajstić information content (AvgIpc) is 2.40. The molecule has 0 aromatic carbocycles. The number of nitrogens with one attached hydrogen (secondary N) is 1. The zero-order valence-electron chi connectivity index (χ0n) is 7.34. The van der Waals surface area contributed by atoms with Crippen molar-refractivity contribution >= 4 is 22.2 Å². The standard InChI is InChI=1S/C8H9N3OS/c1-4-5(3-9)7(10)13-6(4)8(12)11-2/h10H2,1-2H3,(H,11,12). The lowest BCUT2D eigenvalue weighted by Crippen LogP contribution is -2.17. The zero-order valence-corrected chi connectivity index (χ0v) is 8.16. The summed E-state index contributed by atoms with van der Waals surface area (Å²) in [6, 6.07) is 1.97. The third-order valence-electron chi connectivity index (χ3n) is 1.72. The van der Waals surface area contributed by atoms with Gasteiger partial charge in [0.25, 0.3) is 5.91 Å². The predicted molar refractivity (Wildman–Crippen MR) is 51.6 cm³/mol. The minimum absolute atomic E-state index is 0.198. The summed E-state index contributed by atoms with van der Waals surface area (Å²) in [6.07, 6.45) is 0. The SMILES string of the molecule is CNC(=O)c1sc(N)c(C#N)c1C. The van der Waals surface area contributed by atoms with E-state index in [-0.39, 0.29) is 5.91 Å². The maximum absolute atomic E-state index is 11.3. The number of nitrogens with two attached hydrogens (primary N) is 1. The Morgan fingerprint density at radius 3 is 2.69 bits per heavy atom.